The zero-order chi connectivity index (χ0) is 29.7. The number of anilines is 1. The summed E-state index contributed by atoms with van der Waals surface area (Å²) in [6.45, 7) is -0.125. The summed E-state index contributed by atoms with van der Waals surface area (Å²) in [4.78, 5) is 38.6. The van der Waals surface area contributed by atoms with Crippen molar-refractivity contribution in [2.24, 2.45) is 0 Å². The summed E-state index contributed by atoms with van der Waals surface area (Å²) in [5, 5.41) is 4.68. The normalized spacial score (nSPS) is 10.7. The van der Waals surface area contributed by atoms with Crippen molar-refractivity contribution in [2.75, 3.05) is 12.4 Å². The van der Waals surface area contributed by atoms with E-state index >= 15 is 0 Å². The second kappa shape index (κ2) is 13.2. The van der Waals surface area contributed by atoms with Gasteiger partial charge < -0.3 is 15.4 Å². The van der Waals surface area contributed by atoms with Crippen LogP contribution in [0.2, 0.25) is 10.0 Å². The summed E-state index contributed by atoms with van der Waals surface area (Å²) in [6.07, 6.45) is 0.130. The summed E-state index contributed by atoms with van der Waals surface area (Å²) < 4.78 is 34.0. The smallest absolute Gasteiger partial charge is 0.257 e. The van der Waals surface area contributed by atoms with E-state index in [-0.39, 0.29) is 29.3 Å². The first kappa shape index (κ1) is 30.2. The number of rotatable bonds is 9. The Morgan fingerprint density at radius 3 is 2.22 bits per heavy atom. The van der Waals surface area contributed by atoms with Gasteiger partial charge in [0.05, 0.1) is 33.8 Å². The first-order valence-corrected chi connectivity index (χ1v) is 13.6. The van der Waals surface area contributed by atoms with Gasteiger partial charge in [-0.3, -0.25) is 14.4 Å². The van der Waals surface area contributed by atoms with Crippen LogP contribution in [0, 0.1) is 11.6 Å². The highest BCUT2D eigenvalue weighted by molar-refractivity contribution is 9.10. The van der Waals surface area contributed by atoms with Gasteiger partial charge in [-0.1, -0.05) is 57.3 Å². The molecular weight excluding hydrogens is 641 g/mol. The van der Waals surface area contributed by atoms with Gasteiger partial charge in [0.1, 0.15) is 17.4 Å². The lowest BCUT2D eigenvalue weighted by Crippen LogP contribution is -2.25. The standard InChI is InChI=1S/C30H21BrCl2F2N2O4/c1-41-26-11-7-19(14-21(26)25(38)13-16-2-5-18(31)6-3-16)37-29(39)20-12-17(4-8-22(20)32)15-36-30(40)27-23(34)9-10-24(35)28(27)33/h2-12,14H,13,15H2,1H3,(H,36,40)(H,37,39). The van der Waals surface area contributed by atoms with Crippen LogP contribution in [0.5, 0.6) is 5.75 Å². The summed E-state index contributed by atoms with van der Waals surface area (Å²) in [6, 6.07) is 18.1. The molecule has 6 nitrogen and oxygen atoms in total. The second-order valence-corrected chi connectivity index (χ2v) is 10.5. The number of hydrogen-bond donors (Lipinski definition) is 2. The number of carbonyl (C=O) groups excluding carboxylic acids is 3. The number of hydrogen-bond acceptors (Lipinski definition) is 4. The molecule has 0 unspecified atom stereocenters. The molecule has 0 radical (unpaired) electrons. The maximum Gasteiger partial charge on any atom is 0.257 e. The van der Waals surface area contributed by atoms with Crippen LogP contribution in [0.4, 0.5) is 14.5 Å². The second-order valence-electron chi connectivity index (χ2n) is 8.81. The lowest BCUT2D eigenvalue weighted by molar-refractivity contribution is 0.0944. The molecule has 11 heteroatoms. The zero-order valence-corrected chi connectivity index (χ0v) is 24.5. The number of ketones is 1. The first-order chi connectivity index (χ1) is 19.6. The number of ether oxygens (including phenoxy) is 1. The van der Waals surface area contributed by atoms with E-state index in [1.165, 1.54) is 25.3 Å². The van der Waals surface area contributed by atoms with E-state index in [9.17, 15) is 23.2 Å². The topological polar surface area (TPSA) is 84.5 Å². The van der Waals surface area contributed by atoms with Crippen molar-refractivity contribution in [2.45, 2.75) is 13.0 Å². The highest BCUT2D eigenvalue weighted by Gasteiger charge is 2.20. The van der Waals surface area contributed by atoms with Gasteiger partial charge >= 0.3 is 0 Å². The molecule has 0 fully saturated rings. The third-order valence-corrected chi connectivity index (χ3v) is 7.26. The number of benzene rings is 4. The van der Waals surface area contributed by atoms with Crippen molar-refractivity contribution < 1.29 is 27.9 Å². The molecule has 210 valence electrons. The van der Waals surface area contributed by atoms with E-state index in [2.05, 4.69) is 26.6 Å². The molecule has 0 saturated heterocycles. The summed E-state index contributed by atoms with van der Waals surface area (Å²) in [5.74, 6) is -3.24. The van der Waals surface area contributed by atoms with Crippen LogP contribution in [0.3, 0.4) is 0 Å². The van der Waals surface area contributed by atoms with Crippen molar-refractivity contribution in [3.05, 3.63) is 127 Å². The van der Waals surface area contributed by atoms with Crippen molar-refractivity contribution in [3.8, 4) is 5.75 Å². The Morgan fingerprint density at radius 1 is 0.829 bits per heavy atom. The van der Waals surface area contributed by atoms with Crippen LogP contribution in [-0.4, -0.2) is 24.7 Å². The third-order valence-electron chi connectivity index (χ3n) is 6.04. The minimum Gasteiger partial charge on any atom is -0.496 e. The van der Waals surface area contributed by atoms with Crippen LogP contribution in [0.15, 0.2) is 77.3 Å². The molecule has 2 N–H and O–H groups in total. The number of nitrogens with one attached hydrogen (secondary N) is 2. The van der Waals surface area contributed by atoms with E-state index in [0.717, 1.165) is 22.2 Å². The maximum absolute atomic E-state index is 14.1. The molecule has 0 heterocycles. The van der Waals surface area contributed by atoms with Gasteiger partial charge in [0.25, 0.3) is 11.8 Å². The van der Waals surface area contributed by atoms with Gasteiger partial charge in [0.2, 0.25) is 0 Å². The highest BCUT2D eigenvalue weighted by Crippen LogP contribution is 2.27. The molecule has 0 atom stereocenters. The van der Waals surface area contributed by atoms with Crippen LogP contribution < -0.4 is 15.4 Å². The molecule has 0 aromatic heterocycles. The van der Waals surface area contributed by atoms with Crippen LogP contribution in [0.1, 0.15) is 42.2 Å². The van der Waals surface area contributed by atoms with Gasteiger partial charge in [0, 0.05) is 23.1 Å². The van der Waals surface area contributed by atoms with Gasteiger partial charge in [-0.05, 0) is 65.7 Å². The molecule has 0 aliphatic heterocycles. The first-order valence-electron chi connectivity index (χ1n) is 12.0. The Kier molecular flexibility index (Phi) is 9.75. The lowest BCUT2D eigenvalue weighted by Gasteiger charge is -2.13. The average molecular weight is 662 g/mol. The molecule has 4 aromatic rings. The van der Waals surface area contributed by atoms with Gasteiger partial charge in [-0.15, -0.1) is 0 Å². The molecule has 41 heavy (non-hydrogen) atoms. The van der Waals surface area contributed by atoms with Crippen LogP contribution >= 0.6 is 39.1 Å². The predicted octanol–water partition coefficient (Wildman–Crippen LogP) is 7.65. The Labute approximate surface area is 252 Å². The molecule has 0 bridgehead atoms. The minimum absolute atomic E-state index is 0.0898. The van der Waals surface area contributed by atoms with Crippen molar-refractivity contribution >= 4 is 62.4 Å². The third kappa shape index (κ3) is 7.30. The van der Waals surface area contributed by atoms with E-state index in [1.54, 1.807) is 18.2 Å². The van der Waals surface area contributed by atoms with Gasteiger partial charge in [-0.2, -0.15) is 0 Å². The molecular formula is C30H21BrCl2F2N2O4. The van der Waals surface area contributed by atoms with Crippen LogP contribution in [0.25, 0.3) is 0 Å². The number of halogens is 5. The summed E-state index contributed by atoms with van der Waals surface area (Å²) >= 11 is 15.4. The lowest BCUT2D eigenvalue weighted by atomic mass is 10.0. The van der Waals surface area contributed by atoms with Gasteiger partial charge in [-0.25, -0.2) is 8.78 Å². The predicted molar refractivity (Wildman–Crippen MR) is 157 cm³/mol. The number of Topliss-reactive ketones (excluding diaryl/α,β-unsaturated/α-hetero) is 1. The Hall–Kier alpha value is -3.79. The molecule has 0 saturated carbocycles. The van der Waals surface area contributed by atoms with Crippen molar-refractivity contribution in [3.63, 3.8) is 0 Å². The van der Waals surface area contributed by atoms with E-state index in [4.69, 9.17) is 27.9 Å². The molecule has 0 aliphatic carbocycles. The molecule has 0 aliphatic rings. The van der Waals surface area contributed by atoms with Crippen LogP contribution in [-0.2, 0) is 13.0 Å². The fraction of sp³-hybridized carbons (Fsp3) is 0.100. The van der Waals surface area contributed by atoms with E-state index in [1.807, 2.05) is 24.3 Å². The fourth-order valence-electron chi connectivity index (χ4n) is 3.95. The molecule has 4 aromatic carbocycles. The Bertz CT molecular complexity index is 1650. The zero-order valence-electron chi connectivity index (χ0n) is 21.4. The van der Waals surface area contributed by atoms with Gasteiger partial charge in [0.15, 0.2) is 5.78 Å². The monoisotopic (exact) mass is 660 g/mol. The maximum atomic E-state index is 14.1. The Morgan fingerprint density at radius 2 is 1.51 bits per heavy atom. The summed E-state index contributed by atoms with van der Waals surface area (Å²) in [7, 11) is 1.45. The molecule has 0 spiro atoms. The van der Waals surface area contributed by atoms with Crippen molar-refractivity contribution in [1.29, 1.82) is 0 Å². The molecule has 4 rings (SSSR count). The SMILES string of the molecule is COc1ccc(NC(=O)c2cc(CNC(=O)c3c(F)ccc(F)c3Cl)ccc2Cl)cc1C(=O)Cc1ccc(Br)cc1. The fourth-order valence-corrected chi connectivity index (χ4v) is 4.65. The Balaban J connectivity index is 1.49. The number of carbonyl (C=O) groups is 3. The highest BCUT2D eigenvalue weighted by atomic mass is 79.9. The molecule has 2 amide bonds. The van der Waals surface area contributed by atoms with E-state index < -0.39 is 34.0 Å². The summed E-state index contributed by atoms with van der Waals surface area (Å²) in [5.41, 5.74) is 1.37. The number of methoxy groups -OCH3 is 1. The van der Waals surface area contributed by atoms with Crippen molar-refractivity contribution in [1.82, 2.24) is 5.32 Å². The van der Waals surface area contributed by atoms with E-state index in [0.29, 0.717) is 22.6 Å². The average Bonchev–Trinajstić information content (AvgIpc) is 2.95. The largest absolute Gasteiger partial charge is 0.496 e. The number of amides is 2. The quantitative estimate of drug-likeness (QED) is 0.143. The minimum atomic E-state index is -0.973.